The number of hydrogen-bond acceptors (Lipinski definition) is 7. The summed E-state index contributed by atoms with van der Waals surface area (Å²) < 4.78 is 30.9. The lowest BCUT2D eigenvalue weighted by Crippen LogP contribution is -2.60. The summed E-state index contributed by atoms with van der Waals surface area (Å²) in [4.78, 5) is 0. The molecular formula is C28H38O7. The number of ether oxygens (including phenoxy) is 5. The Balaban J connectivity index is 1.50. The Morgan fingerprint density at radius 1 is 0.971 bits per heavy atom. The van der Waals surface area contributed by atoms with Crippen molar-refractivity contribution in [3.05, 3.63) is 41.7 Å². The van der Waals surface area contributed by atoms with Gasteiger partial charge >= 0.3 is 0 Å². The molecule has 0 amide bonds. The zero-order valence-corrected chi connectivity index (χ0v) is 21.3. The van der Waals surface area contributed by atoms with Gasteiger partial charge in [-0.3, -0.25) is 0 Å². The van der Waals surface area contributed by atoms with Crippen LogP contribution >= 0.6 is 0 Å². The lowest BCUT2D eigenvalue weighted by molar-refractivity contribution is -0.154. The topological polar surface area (TPSA) is 89.9 Å². The summed E-state index contributed by atoms with van der Waals surface area (Å²) in [6.45, 7) is 6.96. The van der Waals surface area contributed by atoms with Crippen molar-refractivity contribution in [2.24, 2.45) is 22.7 Å². The van der Waals surface area contributed by atoms with Crippen molar-refractivity contribution in [3.63, 3.8) is 0 Å². The van der Waals surface area contributed by atoms with Crippen LogP contribution in [0.3, 0.4) is 0 Å². The molecule has 6 rings (SSSR count). The minimum Gasteiger partial charge on any atom is -0.498 e. The van der Waals surface area contributed by atoms with Crippen molar-refractivity contribution in [1.82, 2.24) is 0 Å². The van der Waals surface area contributed by atoms with Gasteiger partial charge in [0.15, 0.2) is 6.29 Å². The van der Waals surface area contributed by atoms with Crippen molar-refractivity contribution < 1.29 is 33.9 Å². The number of aliphatic hydroxyl groups excluding tert-OH is 1. The first-order valence-corrected chi connectivity index (χ1v) is 12.9. The highest BCUT2D eigenvalue weighted by Gasteiger charge is 2.71. The van der Waals surface area contributed by atoms with Crippen molar-refractivity contribution in [1.29, 1.82) is 0 Å². The van der Waals surface area contributed by atoms with E-state index < -0.39 is 28.8 Å². The van der Waals surface area contributed by atoms with Gasteiger partial charge in [0.1, 0.15) is 17.1 Å². The number of fused-ring (bicyclic) bond motifs is 7. The summed E-state index contributed by atoms with van der Waals surface area (Å²) in [5.74, 6) is 1.19. The molecule has 7 nitrogen and oxygen atoms in total. The smallest absolute Gasteiger partial charge is 0.184 e. The van der Waals surface area contributed by atoms with Crippen LogP contribution in [0.4, 0.5) is 0 Å². The molecule has 2 heterocycles. The minimum absolute atomic E-state index is 0.0140. The molecule has 0 aromatic heterocycles. The van der Waals surface area contributed by atoms with E-state index in [9.17, 15) is 10.2 Å². The fourth-order valence-electron chi connectivity index (χ4n) is 7.81. The van der Waals surface area contributed by atoms with Crippen LogP contribution in [0.2, 0.25) is 0 Å². The molecule has 0 radical (unpaired) electrons. The molecule has 7 heteroatoms. The summed E-state index contributed by atoms with van der Waals surface area (Å²) in [5.41, 5.74) is -1.79. The summed E-state index contributed by atoms with van der Waals surface area (Å²) in [6.07, 6.45) is 3.00. The van der Waals surface area contributed by atoms with E-state index >= 15 is 0 Å². The molecule has 5 aliphatic rings. The quantitative estimate of drug-likeness (QED) is 0.629. The molecule has 2 saturated heterocycles. The highest BCUT2D eigenvalue weighted by Crippen LogP contribution is 2.65. The lowest BCUT2D eigenvalue weighted by Gasteiger charge is -2.51. The molecule has 9 atom stereocenters. The van der Waals surface area contributed by atoms with Crippen molar-refractivity contribution in [2.75, 3.05) is 20.8 Å². The Hall–Kier alpha value is -1.64. The van der Waals surface area contributed by atoms with Gasteiger partial charge < -0.3 is 33.9 Å². The second kappa shape index (κ2) is 7.68. The van der Waals surface area contributed by atoms with E-state index in [1.807, 2.05) is 24.3 Å². The van der Waals surface area contributed by atoms with Gasteiger partial charge in [0.2, 0.25) is 0 Å². The second-order valence-electron chi connectivity index (χ2n) is 12.0. The van der Waals surface area contributed by atoms with Crippen LogP contribution in [0.25, 0.3) is 0 Å². The third-order valence-corrected chi connectivity index (χ3v) is 10.3. The second-order valence-corrected chi connectivity index (χ2v) is 12.0. The van der Waals surface area contributed by atoms with Gasteiger partial charge in [0, 0.05) is 22.3 Å². The molecule has 0 unspecified atom stereocenters. The van der Waals surface area contributed by atoms with E-state index in [4.69, 9.17) is 23.7 Å². The third-order valence-electron chi connectivity index (χ3n) is 10.3. The summed E-state index contributed by atoms with van der Waals surface area (Å²) in [6, 6.07) is 7.76. The van der Waals surface area contributed by atoms with Crippen molar-refractivity contribution >= 4 is 0 Å². The van der Waals surface area contributed by atoms with E-state index in [1.165, 1.54) is 0 Å². The van der Waals surface area contributed by atoms with E-state index in [-0.39, 0.29) is 29.6 Å². The van der Waals surface area contributed by atoms with Gasteiger partial charge in [0.25, 0.3) is 0 Å². The lowest BCUT2D eigenvalue weighted by atomic mass is 9.56. The maximum atomic E-state index is 12.1. The largest absolute Gasteiger partial charge is 0.498 e. The van der Waals surface area contributed by atoms with E-state index in [1.54, 1.807) is 14.2 Å². The molecule has 1 aromatic carbocycles. The zero-order chi connectivity index (χ0) is 24.8. The standard InChI is InChI=1S/C28H38O7/c1-25(2)18-10-13-28(25,30)21(32-5)14-19-26(3,20(29)11-12-27(19)15-33-27)23-22(18)34-24(35-23)16-6-8-17(31-4)9-7-16/h6-9,14,18-20,22-24,29-30H,10-13,15H2,1-5H3/b21-14+/t18-,19+,20+,22-,23+,24-,26+,27-,28-/m1/s1. The van der Waals surface area contributed by atoms with Gasteiger partial charge in [0.05, 0.1) is 44.7 Å². The van der Waals surface area contributed by atoms with E-state index in [2.05, 4.69) is 26.8 Å². The SMILES string of the molecule is CO/C1=C/[C@@H]2[C@@]3(CC[C@H](O)[C@@]2(C)[C@H]2O[C@H](c4ccc(OC)cc4)O[C@@H]2[C@H]2CC[C@]1(O)C2(C)C)CO3. The summed E-state index contributed by atoms with van der Waals surface area (Å²) in [7, 11) is 3.28. The third kappa shape index (κ3) is 3.08. The number of epoxide rings is 1. The number of methoxy groups -OCH3 is 2. The van der Waals surface area contributed by atoms with E-state index in [0.29, 0.717) is 25.2 Å². The Morgan fingerprint density at radius 2 is 1.69 bits per heavy atom. The number of hydrogen-bond donors (Lipinski definition) is 2. The Morgan fingerprint density at radius 3 is 2.31 bits per heavy atom. The first-order valence-electron chi connectivity index (χ1n) is 12.9. The average Bonchev–Trinajstić information content (AvgIpc) is 3.41. The Kier molecular flexibility index (Phi) is 5.21. The highest BCUT2D eigenvalue weighted by atomic mass is 16.7. The molecule has 2 N–H and O–H groups in total. The average molecular weight is 487 g/mol. The number of rotatable bonds is 3. The molecular weight excluding hydrogens is 448 g/mol. The van der Waals surface area contributed by atoms with Crippen LogP contribution in [0.1, 0.15) is 58.3 Å². The molecule has 4 fully saturated rings. The molecule has 1 spiro atoms. The zero-order valence-electron chi connectivity index (χ0n) is 21.3. The first-order chi connectivity index (χ1) is 16.6. The number of aliphatic hydroxyl groups is 2. The van der Waals surface area contributed by atoms with Crippen LogP contribution < -0.4 is 4.74 Å². The van der Waals surface area contributed by atoms with Gasteiger partial charge in [-0.15, -0.1) is 0 Å². The predicted molar refractivity (Wildman–Crippen MR) is 128 cm³/mol. The fraction of sp³-hybridized carbons (Fsp3) is 0.714. The van der Waals surface area contributed by atoms with Gasteiger partial charge in [-0.2, -0.15) is 0 Å². The van der Waals surface area contributed by atoms with Crippen LogP contribution in [0, 0.1) is 22.7 Å². The van der Waals surface area contributed by atoms with Crippen LogP contribution in [-0.2, 0) is 18.9 Å². The molecule has 2 bridgehead atoms. The van der Waals surface area contributed by atoms with Crippen LogP contribution in [0.15, 0.2) is 36.1 Å². The van der Waals surface area contributed by atoms with Crippen LogP contribution in [-0.4, -0.2) is 60.6 Å². The fourth-order valence-corrected chi connectivity index (χ4v) is 7.81. The molecule has 1 aromatic rings. The normalized spacial score (nSPS) is 49.2. The summed E-state index contributed by atoms with van der Waals surface area (Å²) >= 11 is 0. The van der Waals surface area contributed by atoms with Crippen molar-refractivity contribution in [3.8, 4) is 5.75 Å². The molecule has 192 valence electrons. The van der Waals surface area contributed by atoms with Gasteiger partial charge in [-0.05, 0) is 49.8 Å². The highest BCUT2D eigenvalue weighted by molar-refractivity contribution is 5.32. The van der Waals surface area contributed by atoms with Gasteiger partial charge in [-0.1, -0.05) is 32.9 Å². The molecule has 35 heavy (non-hydrogen) atoms. The summed E-state index contributed by atoms with van der Waals surface area (Å²) in [5, 5.41) is 23.7. The molecule has 3 aliphatic carbocycles. The monoisotopic (exact) mass is 486 g/mol. The van der Waals surface area contributed by atoms with Gasteiger partial charge in [-0.25, -0.2) is 0 Å². The minimum atomic E-state index is -1.14. The first kappa shape index (κ1) is 23.7. The van der Waals surface area contributed by atoms with Crippen molar-refractivity contribution in [2.45, 2.75) is 82.3 Å². The van der Waals surface area contributed by atoms with Crippen LogP contribution in [0.5, 0.6) is 5.75 Å². The Bertz CT molecular complexity index is 1010. The maximum absolute atomic E-state index is 12.1. The Labute approximate surface area is 207 Å². The molecule has 2 saturated carbocycles. The number of benzene rings is 1. The molecule has 2 aliphatic heterocycles. The predicted octanol–water partition coefficient (Wildman–Crippen LogP) is 3.74. The van der Waals surface area contributed by atoms with E-state index in [0.717, 1.165) is 24.2 Å². The maximum Gasteiger partial charge on any atom is 0.184 e.